The quantitative estimate of drug-likeness (QED) is 0.406. The normalized spacial score (nSPS) is 15.8. The van der Waals surface area contributed by atoms with Crippen molar-refractivity contribution < 1.29 is 0 Å². The number of hydrogen-bond acceptors (Lipinski definition) is 2. The first-order valence-corrected chi connectivity index (χ1v) is 11.6. The molecule has 1 aromatic carbocycles. The summed E-state index contributed by atoms with van der Waals surface area (Å²) in [6, 6.07) is 8.92. The molecule has 3 rings (SSSR count). The summed E-state index contributed by atoms with van der Waals surface area (Å²) in [5, 5.41) is 8.84. The second kappa shape index (κ2) is 10.2. The summed E-state index contributed by atoms with van der Waals surface area (Å²) in [6.45, 7) is 7.14. The molecule has 1 aliphatic rings. The Morgan fingerprint density at radius 2 is 1.68 bits per heavy atom. The molecule has 3 heteroatoms. The molecule has 1 saturated carbocycles. The molecule has 0 N–H and O–H groups in total. The molecule has 1 heterocycles. The summed E-state index contributed by atoms with van der Waals surface area (Å²) in [7, 11) is 0. The minimum atomic E-state index is 0.503. The van der Waals surface area contributed by atoms with E-state index in [-0.39, 0.29) is 0 Å². The van der Waals surface area contributed by atoms with E-state index in [1.54, 1.807) is 0 Å². The SMILES string of the molecule is CCCCC(C)(C)CCCCc1ccc(-n2cc(C3CCCCC3)nn2)cc1. The molecule has 0 radical (unpaired) electrons. The zero-order valence-corrected chi connectivity index (χ0v) is 18.3. The van der Waals surface area contributed by atoms with Gasteiger partial charge in [0.2, 0.25) is 0 Å². The fourth-order valence-corrected chi connectivity index (χ4v) is 4.52. The van der Waals surface area contributed by atoms with Crippen LogP contribution in [-0.2, 0) is 6.42 Å². The molecule has 1 aliphatic carbocycles. The maximum absolute atomic E-state index is 4.46. The lowest BCUT2D eigenvalue weighted by molar-refractivity contribution is 0.287. The van der Waals surface area contributed by atoms with Crippen molar-refractivity contribution in [2.75, 3.05) is 0 Å². The molecule has 0 amide bonds. The lowest BCUT2D eigenvalue weighted by Crippen LogP contribution is -2.11. The Labute approximate surface area is 171 Å². The third kappa shape index (κ3) is 6.18. The summed E-state index contributed by atoms with van der Waals surface area (Å²) in [6.07, 6.45) is 17.9. The van der Waals surface area contributed by atoms with E-state index in [2.05, 4.69) is 61.5 Å². The zero-order valence-electron chi connectivity index (χ0n) is 18.3. The lowest BCUT2D eigenvalue weighted by atomic mass is 9.82. The first-order valence-electron chi connectivity index (χ1n) is 11.6. The molecule has 28 heavy (non-hydrogen) atoms. The number of aromatic nitrogens is 3. The van der Waals surface area contributed by atoms with E-state index < -0.39 is 0 Å². The van der Waals surface area contributed by atoms with Crippen LogP contribution in [0.25, 0.3) is 5.69 Å². The minimum Gasteiger partial charge on any atom is -0.220 e. The van der Waals surface area contributed by atoms with Crippen molar-refractivity contribution in [1.29, 1.82) is 0 Å². The molecule has 2 aromatic rings. The number of benzene rings is 1. The van der Waals surface area contributed by atoms with Crippen molar-refractivity contribution in [2.45, 2.75) is 104 Å². The third-order valence-electron chi connectivity index (χ3n) is 6.51. The van der Waals surface area contributed by atoms with E-state index in [9.17, 15) is 0 Å². The average Bonchev–Trinajstić information content (AvgIpc) is 3.21. The van der Waals surface area contributed by atoms with Crippen LogP contribution in [0.15, 0.2) is 30.5 Å². The maximum Gasteiger partial charge on any atom is 0.0862 e. The van der Waals surface area contributed by atoms with Gasteiger partial charge in [0, 0.05) is 5.92 Å². The van der Waals surface area contributed by atoms with E-state index in [1.165, 1.54) is 88.3 Å². The van der Waals surface area contributed by atoms with Gasteiger partial charge in [0.25, 0.3) is 0 Å². The highest BCUT2D eigenvalue weighted by Gasteiger charge is 2.19. The zero-order chi connectivity index (χ0) is 19.8. The van der Waals surface area contributed by atoms with Crippen LogP contribution < -0.4 is 0 Å². The third-order valence-corrected chi connectivity index (χ3v) is 6.51. The van der Waals surface area contributed by atoms with E-state index in [1.807, 2.05) is 4.68 Å². The fourth-order valence-electron chi connectivity index (χ4n) is 4.52. The number of nitrogens with zero attached hydrogens (tertiary/aromatic N) is 3. The second-order valence-corrected chi connectivity index (χ2v) is 9.56. The standard InChI is InChI=1S/C25H39N3/c1-4-5-18-25(2,3)19-10-9-11-21-14-16-23(17-15-21)28-20-24(26-27-28)22-12-7-6-8-13-22/h14-17,20,22H,4-13,18-19H2,1-3H3. The summed E-state index contributed by atoms with van der Waals surface area (Å²) in [5.74, 6) is 0.614. The van der Waals surface area contributed by atoms with Gasteiger partial charge < -0.3 is 0 Å². The molecule has 0 unspecified atom stereocenters. The lowest BCUT2D eigenvalue weighted by Gasteiger charge is -2.24. The van der Waals surface area contributed by atoms with Crippen LogP contribution >= 0.6 is 0 Å². The molecule has 3 nitrogen and oxygen atoms in total. The Morgan fingerprint density at radius 3 is 2.39 bits per heavy atom. The van der Waals surface area contributed by atoms with Gasteiger partial charge >= 0.3 is 0 Å². The van der Waals surface area contributed by atoms with Crippen LogP contribution in [-0.4, -0.2) is 15.0 Å². The van der Waals surface area contributed by atoms with E-state index in [0.717, 1.165) is 5.69 Å². The Kier molecular flexibility index (Phi) is 7.70. The van der Waals surface area contributed by atoms with Gasteiger partial charge in [-0.1, -0.05) is 76.6 Å². The Balaban J connectivity index is 1.47. The van der Waals surface area contributed by atoms with Crippen LogP contribution in [0.3, 0.4) is 0 Å². The van der Waals surface area contributed by atoms with Crippen LogP contribution in [0.5, 0.6) is 0 Å². The second-order valence-electron chi connectivity index (χ2n) is 9.56. The predicted octanol–water partition coefficient (Wildman–Crippen LogP) is 7.24. The van der Waals surface area contributed by atoms with Crippen molar-refractivity contribution in [2.24, 2.45) is 5.41 Å². The fraction of sp³-hybridized carbons (Fsp3) is 0.680. The summed E-state index contributed by atoms with van der Waals surface area (Å²) >= 11 is 0. The first-order chi connectivity index (χ1) is 13.6. The van der Waals surface area contributed by atoms with Crippen LogP contribution in [0.1, 0.15) is 109 Å². The van der Waals surface area contributed by atoms with Crippen molar-refractivity contribution >= 4 is 0 Å². The van der Waals surface area contributed by atoms with Crippen LogP contribution in [0.4, 0.5) is 0 Å². The largest absolute Gasteiger partial charge is 0.220 e. The predicted molar refractivity (Wildman–Crippen MR) is 118 cm³/mol. The van der Waals surface area contributed by atoms with Gasteiger partial charge in [0.05, 0.1) is 17.6 Å². The Bertz CT molecular complexity index is 693. The molecular formula is C25H39N3. The highest BCUT2D eigenvalue weighted by molar-refractivity contribution is 5.34. The van der Waals surface area contributed by atoms with E-state index in [0.29, 0.717) is 11.3 Å². The number of aryl methyl sites for hydroxylation is 1. The number of hydrogen-bond donors (Lipinski definition) is 0. The van der Waals surface area contributed by atoms with Gasteiger partial charge in [-0.15, -0.1) is 5.10 Å². The monoisotopic (exact) mass is 381 g/mol. The summed E-state index contributed by atoms with van der Waals surface area (Å²) in [5.41, 5.74) is 4.24. The van der Waals surface area contributed by atoms with Gasteiger partial charge in [-0.3, -0.25) is 0 Å². The first kappa shape index (κ1) is 21.1. The van der Waals surface area contributed by atoms with Crippen molar-refractivity contribution in [1.82, 2.24) is 15.0 Å². The molecular weight excluding hydrogens is 342 g/mol. The molecule has 0 atom stereocenters. The minimum absolute atomic E-state index is 0.503. The Hall–Kier alpha value is -1.64. The van der Waals surface area contributed by atoms with Gasteiger partial charge in [-0.05, 0) is 61.6 Å². The average molecular weight is 382 g/mol. The molecule has 1 fully saturated rings. The van der Waals surface area contributed by atoms with E-state index in [4.69, 9.17) is 0 Å². The molecule has 0 spiro atoms. The molecule has 1 aromatic heterocycles. The molecule has 154 valence electrons. The summed E-state index contributed by atoms with van der Waals surface area (Å²) < 4.78 is 1.95. The van der Waals surface area contributed by atoms with Gasteiger partial charge in [0.15, 0.2) is 0 Å². The highest BCUT2D eigenvalue weighted by atomic mass is 15.4. The van der Waals surface area contributed by atoms with Gasteiger partial charge in [-0.25, -0.2) is 4.68 Å². The number of rotatable bonds is 10. The smallest absolute Gasteiger partial charge is 0.0862 e. The van der Waals surface area contributed by atoms with E-state index >= 15 is 0 Å². The van der Waals surface area contributed by atoms with Crippen LogP contribution in [0, 0.1) is 5.41 Å². The highest BCUT2D eigenvalue weighted by Crippen LogP contribution is 2.32. The van der Waals surface area contributed by atoms with Crippen molar-refractivity contribution in [3.05, 3.63) is 41.7 Å². The van der Waals surface area contributed by atoms with Crippen LogP contribution in [0.2, 0.25) is 0 Å². The molecule has 0 bridgehead atoms. The molecule has 0 saturated heterocycles. The summed E-state index contributed by atoms with van der Waals surface area (Å²) in [4.78, 5) is 0. The molecule has 0 aliphatic heterocycles. The van der Waals surface area contributed by atoms with Crippen molar-refractivity contribution in [3.8, 4) is 5.69 Å². The Morgan fingerprint density at radius 1 is 0.964 bits per heavy atom. The number of unbranched alkanes of at least 4 members (excludes halogenated alkanes) is 2. The topological polar surface area (TPSA) is 30.7 Å². The van der Waals surface area contributed by atoms with Gasteiger partial charge in [-0.2, -0.15) is 0 Å². The maximum atomic E-state index is 4.46. The van der Waals surface area contributed by atoms with Crippen molar-refractivity contribution in [3.63, 3.8) is 0 Å². The van der Waals surface area contributed by atoms with Gasteiger partial charge in [0.1, 0.15) is 0 Å².